The van der Waals surface area contributed by atoms with E-state index in [4.69, 9.17) is 23.2 Å². The second-order valence-electron chi connectivity index (χ2n) is 5.56. The van der Waals surface area contributed by atoms with Crippen molar-refractivity contribution in [2.24, 2.45) is 0 Å². The van der Waals surface area contributed by atoms with Crippen LogP contribution >= 0.6 is 23.2 Å². The van der Waals surface area contributed by atoms with Crippen molar-refractivity contribution in [3.05, 3.63) is 63.7 Å². The summed E-state index contributed by atoms with van der Waals surface area (Å²) in [5.41, 5.74) is 2.05. The third-order valence-electron chi connectivity index (χ3n) is 3.53. The summed E-state index contributed by atoms with van der Waals surface area (Å²) in [5.74, 6) is -0.174. The van der Waals surface area contributed by atoms with E-state index in [2.05, 4.69) is 19.2 Å². The van der Waals surface area contributed by atoms with Crippen LogP contribution in [0.25, 0.3) is 0 Å². The van der Waals surface area contributed by atoms with Crippen LogP contribution in [0.5, 0.6) is 0 Å². The van der Waals surface area contributed by atoms with Crippen LogP contribution in [0.1, 0.15) is 35.7 Å². The molecule has 0 aromatic heterocycles. The van der Waals surface area contributed by atoms with E-state index in [0.717, 1.165) is 0 Å². The third kappa shape index (κ3) is 4.24. The van der Waals surface area contributed by atoms with Crippen LogP contribution in [0, 0.1) is 10.1 Å². The van der Waals surface area contributed by atoms with Crippen molar-refractivity contribution in [3.8, 4) is 0 Å². The Morgan fingerprint density at radius 1 is 1.12 bits per heavy atom. The number of alkyl halides is 2. The number of nitrogens with zero attached hydrogens (tertiary/aromatic N) is 1. The minimum Gasteiger partial charge on any atom is -0.350 e. The number of benzene rings is 2. The largest absolute Gasteiger partial charge is 0.350 e. The van der Waals surface area contributed by atoms with Crippen LogP contribution < -0.4 is 5.32 Å². The van der Waals surface area contributed by atoms with Gasteiger partial charge in [0.25, 0.3) is 5.69 Å². The number of nitrogens with one attached hydrogen (secondary N) is 1. The highest BCUT2D eigenvalue weighted by molar-refractivity contribution is 6.55. The Morgan fingerprint density at radius 2 is 1.75 bits per heavy atom. The lowest BCUT2D eigenvalue weighted by molar-refractivity contribution is -0.383. The highest BCUT2D eigenvalue weighted by atomic mass is 35.5. The van der Waals surface area contributed by atoms with E-state index in [1.54, 1.807) is 0 Å². The maximum absolute atomic E-state index is 11.8. The smallest absolute Gasteiger partial charge is 0.293 e. The van der Waals surface area contributed by atoms with Crippen LogP contribution in [-0.2, 0) is 0 Å². The first-order valence-corrected chi connectivity index (χ1v) is 8.14. The lowest BCUT2D eigenvalue weighted by atomic mass is 10.0. The average molecular weight is 367 g/mol. The van der Waals surface area contributed by atoms with Crippen molar-refractivity contribution in [1.82, 2.24) is 0 Å². The van der Waals surface area contributed by atoms with E-state index >= 15 is 0 Å². The number of anilines is 2. The SMILES string of the molecule is CC(C)c1ccc(Nc2ccc(C(=O)C(Cl)Cl)cc2[N+](=O)[O-])cc1. The number of carbonyl (C=O) groups is 1. The van der Waals surface area contributed by atoms with Crippen molar-refractivity contribution >= 4 is 46.0 Å². The van der Waals surface area contributed by atoms with Gasteiger partial charge in [-0.1, -0.05) is 49.2 Å². The van der Waals surface area contributed by atoms with Crippen LogP contribution in [-0.4, -0.2) is 15.5 Å². The molecular weight excluding hydrogens is 351 g/mol. The number of hydrogen-bond donors (Lipinski definition) is 1. The molecule has 2 aromatic carbocycles. The summed E-state index contributed by atoms with van der Waals surface area (Å²) in [4.78, 5) is 21.3. The van der Waals surface area contributed by atoms with Gasteiger partial charge in [0.05, 0.1) is 4.92 Å². The normalized spacial score (nSPS) is 10.9. The maximum Gasteiger partial charge on any atom is 0.293 e. The van der Waals surface area contributed by atoms with Crippen LogP contribution in [0.15, 0.2) is 42.5 Å². The number of nitro groups is 1. The van der Waals surface area contributed by atoms with Gasteiger partial charge in [0.15, 0.2) is 10.6 Å². The number of carbonyl (C=O) groups excluding carboxylic acids is 1. The van der Waals surface area contributed by atoms with Crippen molar-refractivity contribution in [2.75, 3.05) is 5.32 Å². The first kappa shape index (κ1) is 18.2. The molecule has 0 spiro atoms. The molecule has 0 heterocycles. The Kier molecular flexibility index (Phi) is 5.80. The minimum atomic E-state index is -1.26. The number of hydrogen-bond acceptors (Lipinski definition) is 4. The second-order valence-corrected chi connectivity index (χ2v) is 6.65. The highest BCUT2D eigenvalue weighted by Crippen LogP contribution is 2.30. The van der Waals surface area contributed by atoms with Gasteiger partial charge < -0.3 is 5.32 Å². The van der Waals surface area contributed by atoms with Gasteiger partial charge in [0.2, 0.25) is 0 Å². The van der Waals surface area contributed by atoms with Crippen molar-refractivity contribution < 1.29 is 9.72 Å². The summed E-state index contributed by atoms with van der Waals surface area (Å²) in [5, 5.41) is 14.3. The zero-order valence-corrected chi connectivity index (χ0v) is 14.6. The fourth-order valence-electron chi connectivity index (χ4n) is 2.17. The molecule has 0 saturated heterocycles. The predicted octanol–water partition coefficient (Wildman–Crippen LogP) is 5.45. The van der Waals surface area contributed by atoms with Gasteiger partial charge in [-0.25, -0.2) is 0 Å². The van der Waals surface area contributed by atoms with Crippen LogP contribution in [0.3, 0.4) is 0 Å². The summed E-state index contributed by atoms with van der Waals surface area (Å²) in [7, 11) is 0. The maximum atomic E-state index is 11.8. The molecule has 2 aromatic rings. The standard InChI is InChI=1S/C17H16Cl2N2O3/c1-10(2)11-3-6-13(7-4-11)20-14-8-5-12(16(22)17(18)19)9-15(14)21(23)24/h3-10,17,20H,1-2H3. The molecule has 0 radical (unpaired) electrons. The number of nitro benzene ring substituents is 1. The molecule has 24 heavy (non-hydrogen) atoms. The number of rotatable bonds is 6. The fourth-order valence-corrected chi connectivity index (χ4v) is 2.43. The lowest BCUT2D eigenvalue weighted by Gasteiger charge is -2.10. The lowest BCUT2D eigenvalue weighted by Crippen LogP contribution is -2.09. The van der Waals surface area contributed by atoms with Gasteiger partial charge in [0, 0.05) is 17.3 Å². The molecule has 0 fully saturated rings. The monoisotopic (exact) mass is 366 g/mol. The Balaban J connectivity index is 2.32. The van der Waals surface area contributed by atoms with E-state index in [9.17, 15) is 14.9 Å². The van der Waals surface area contributed by atoms with E-state index in [1.165, 1.54) is 23.8 Å². The molecule has 0 amide bonds. The molecule has 0 bridgehead atoms. The van der Waals surface area contributed by atoms with Crippen molar-refractivity contribution in [1.29, 1.82) is 0 Å². The molecule has 126 valence electrons. The quantitative estimate of drug-likeness (QED) is 0.319. The zero-order chi connectivity index (χ0) is 17.9. The molecule has 7 heteroatoms. The number of ketones is 1. The molecule has 1 N–H and O–H groups in total. The third-order valence-corrected chi connectivity index (χ3v) is 3.93. The van der Waals surface area contributed by atoms with Crippen LogP contribution in [0.4, 0.5) is 17.1 Å². The van der Waals surface area contributed by atoms with E-state index in [1.807, 2.05) is 24.3 Å². The summed E-state index contributed by atoms with van der Waals surface area (Å²) in [6.07, 6.45) is 0. The summed E-state index contributed by atoms with van der Waals surface area (Å²) in [6, 6.07) is 11.7. The predicted molar refractivity (Wildman–Crippen MR) is 96.7 cm³/mol. The Labute approximate surface area is 149 Å². The van der Waals surface area contributed by atoms with Gasteiger partial charge in [-0.05, 0) is 35.7 Å². The molecule has 0 aliphatic rings. The Bertz CT molecular complexity index is 759. The minimum absolute atomic E-state index is 0.0948. The topological polar surface area (TPSA) is 72.2 Å². The van der Waals surface area contributed by atoms with Gasteiger partial charge in [-0.15, -0.1) is 0 Å². The molecule has 0 saturated carbocycles. The Morgan fingerprint density at radius 3 is 2.25 bits per heavy atom. The van der Waals surface area contributed by atoms with Gasteiger partial charge in [0.1, 0.15) is 5.69 Å². The Hall–Kier alpha value is -2.11. The first-order chi connectivity index (χ1) is 11.3. The molecule has 2 rings (SSSR count). The molecule has 0 atom stereocenters. The molecular formula is C17H16Cl2N2O3. The van der Waals surface area contributed by atoms with Crippen molar-refractivity contribution in [3.63, 3.8) is 0 Å². The summed E-state index contributed by atoms with van der Waals surface area (Å²) < 4.78 is 0. The number of Topliss-reactive ketones (excluding diaryl/α,β-unsaturated/α-hetero) is 1. The van der Waals surface area contributed by atoms with Crippen LogP contribution in [0.2, 0.25) is 0 Å². The molecule has 0 unspecified atom stereocenters. The highest BCUT2D eigenvalue weighted by Gasteiger charge is 2.21. The van der Waals surface area contributed by atoms with Gasteiger partial charge in [-0.3, -0.25) is 14.9 Å². The van der Waals surface area contributed by atoms with Crippen molar-refractivity contribution in [2.45, 2.75) is 24.6 Å². The summed E-state index contributed by atoms with van der Waals surface area (Å²) >= 11 is 11.1. The molecule has 0 aliphatic heterocycles. The average Bonchev–Trinajstić information content (AvgIpc) is 2.54. The summed E-state index contributed by atoms with van der Waals surface area (Å²) in [6.45, 7) is 4.17. The molecule has 0 aliphatic carbocycles. The number of halogens is 2. The van der Waals surface area contributed by atoms with Gasteiger partial charge in [-0.2, -0.15) is 0 Å². The van der Waals surface area contributed by atoms with E-state index < -0.39 is 15.5 Å². The molecule has 5 nitrogen and oxygen atoms in total. The van der Waals surface area contributed by atoms with Gasteiger partial charge >= 0.3 is 0 Å². The fraction of sp³-hybridized carbons (Fsp3) is 0.235. The zero-order valence-electron chi connectivity index (χ0n) is 13.1. The van der Waals surface area contributed by atoms with E-state index in [0.29, 0.717) is 11.6 Å². The van der Waals surface area contributed by atoms with E-state index in [-0.39, 0.29) is 16.9 Å². The second kappa shape index (κ2) is 7.64. The first-order valence-electron chi connectivity index (χ1n) is 7.27.